The van der Waals surface area contributed by atoms with Gasteiger partial charge >= 0.3 is 0 Å². The fourth-order valence-electron chi connectivity index (χ4n) is 3.25. The molecule has 2 fully saturated rings. The van der Waals surface area contributed by atoms with E-state index in [1.807, 2.05) is 0 Å². The molecule has 2 rings (SSSR count). The highest BCUT2D eigenvalue weighted by molar-refractivity contribution is 7.80. The maximum absolute atomic E-state index is 4.33. The number of nitrogens with zero attached hydrogens (tertiary/aromatic N) is 2. The van der Waals surface area contributed by atoms with E-state index in [0.717, 1.165) is 17.7 Å². The molecule has 2 heterocycles. The van der Waals surface area contributed by atoms with E-state index in [0.29, 0.717) is 0 Å². The van der Waals surface area contributed by atoms with Gasteiger partial charge in [-0.2, -0.15) is 12.6 Å². The lowest BCUT2D eigenvalue weighted by Crippen LogP contribution is -2.37. The van der Waals surface area contributed by atoms with Crippen molar-refractivity contribution in [2.75, 3.05) is 38.5 Å². The summed E-state index contributed by atoms with van der Waals surface area (Å²) < 4.78 is 0. The molecule has 3 heteroatoms. The Morgan fingerprint density at radius 1 is 1.18 bits per heavy atom. The first-order chi connectivity index (χ1) is 8.29. The van der Waals surface area contributed by atoms with Crippen LogP contribution in [0, 0.1) is 5.92 Å². The standard InChI is InChI=1S/C14H28N2S/c1-13(6-11-17)5-10-15-7-3-9-16-8-2-4-14(16)12-15/h13-14,17H,2-12H2,1H3. The highest BCUT2D eigenvalue weighted by atomic mass is 32.1. The molecule has 2 unspecified atom stereocenters. The van der Waals surface area contributed by atoms with E-state index in [9.17, 15) is 0 Å². The first kappa shape index (κ1) is 13.7. The summed E-state index contributed by atoms with van der Waals surface area (Å²) in [5.74, 6) is 1.88. The maximum atomic E-state index is 4.33. The average molecular weight is 256 g/mol. The molecule has 0 bridgehead atoms. The van der Waals surface area contributed by atoms with E-state index in [4.69, 9.17) is 0 Å². The Morgan fingerprint density at radius 3 is 2.82 bits per heavy atom. The lowest BCUT2D eigenvalue weighted by atomic mass is 10.0. The van der Waals surface area contributed by atoms with Gasteiger partial charge in [-0.1, -0.05) is 6.92 Å². The predicted octanol–water partition coefficient (Wildman–Crippen LogP) is 2.50. The first-order valence-electron chi connectivity index (χ1n) is 7.37. The minimum atomic E-state index is 0.843. The van der Waals surface area contributed by atoms with Crippen LogP contribution in [-0.2, 0) is 0 Å². The van der Waals surface area contributed by atoms with Crippen LogP contribution in [0.1, 0.15) is 39.0 Å². The molecule has 0 N–H and O–H groups in total. The molecule has 0 aromatic rings. The van der Waals surface area contributed by atoms with Crippen LogP contribution in [0.25, 0.3) is 0 Å². The smallest absolute Gasteiger partial charge is 0.0223 e. The minimum absolute atomic E-state index is 0.843. The number of thiol groups is 1. The van der Waals surface area contributed by atoms with Crippen LogP contribution in [0.5, 0.6) is 0 Å². The van der Waals surface area contributed by atoms with Crippen molar-refractivity contribution in [3.05, 3.63) is 0 Å². The van der Waals surface area contributed by atoms with Crippen molar-refractivity contribution in [3.8, 4) is 0 Å². The second kappa shape index (κ2) is 7.01. The zero-order chi connectivity index (χ0) is 12.1. The molecule has 17 heavy (non-hydrogen) atoms. The molecule has 0 saturated carbocycles. The lowest BCUT2D eigenvalue weighted by Gasteiger charge is -2.26. The number of hydrogen-bond acceptors (Lipinski definition) is 3. The molecule has 0 spiro atoms. The van der Waals surface area contributed by atoms with Crippen molar-refractivity contribution in [2.45, 2.75) is 45.1 Å². The van der Waals surface area contributed by atoms with Gasteiger partial charge in [0.2, 0.25) is 0 Å². The highest BCUT2D eigenvalue weighted by Crippen LogP contribution is 2.21. The largest absolute Gasteiger partial charge is 0.302 e. The summed E-state index contributed by atoms with van der Waals surface area (Å²) in [6.07, 6.45) is 6.86. The third-order valence-electron chi connectivity index (χ3n) is 4.45. The van der Waals surface area contributed by atoms with E-state index in [1.54, 1.807) is 0 Å². The van der Waals surface area contributed by atoms with Crippen LogP contribution in [0.15, 0.2) is 0 Å². The normalized spacial score (nSPS) is 28.9. The van der Waals surface area contributed by atoms with Crippen LogP contribution >= 0.6 is 12.6 Å². The van der Waals surface area contributed by atoms with Crippen LogP contribution in [0.4, 0.5) is 0 Å². The van der Waals surface area contributed by atoms with Gasteiger partial charge in [-0.15, -0.1) is 0 Å². The quantitative estimate of drug-likeness (QED) is 0.755. The summed E-state index contributed by atoms with van der Waals surface area (Å²) in [7, 11) is 0. The molecule has 2 aliphatic heterocycles. The summed E-state index contributed by atoms with van der Waals surface area (Å²) in [4.78, 5) is 5.43. The molecule has 2 atom stereocenters. The Hall–Kier alpha value is 0.270. The minimum Gasteiger partial charge on any atom is -0.302 e. The summed E-state index contributed by atoms with van der Waals surface area (Å²) in [5.41, 5.74) is 0. The Kier molecular flexibility index (Phi) is 5.64. The number of fused-ring (bicyclic) bond motifs is 1. The average Bonchev–Trinajstić information content (AvgIpc) is 2.65. The van der Waals surface area contributed by atoms with E-state index in [-0.39, 0.29) is 0 Å². The molecule has 2 aliphatic rings. The van der Waals surface area contributed by atoms with Gasteiger partial charge in [0.05, 0.1) is 0 Å². The van der Waals surface area contributed by atoms with Gasteiger partial charge in [0.1, 0.15) is 0 Å². The van der Waals surface area contributed by atoms with Gasteiger partial charge < -0.3 is 4.90 Å². The van der Waals surface area contributed by atoms with Gasteiger partial charge in [-0.25, -0.2) is 0 Å². The Morgan fingerprint density at radius 2 is 2.00 bits per heavy atom. The van der Waals surface area contributed by atoms with Gasteiger partial charge in [0.25, 0.3) is 0 Å². The molecule has 0 aromatic heterocycles. The Labute approximate surface area is 112 Å². The Balaban J connectivity index is 1.73. The second-order valence-electron chi connectivity index (χ2n) is 5.89. The molecular weight excluding hydrogens is 228 g/mol. The van der Waals surface area contributed by atoms with Crippen LogP contribution < -0.4 is 0 Å². The van der Waals surface area contributed by atoms with Crippen molar-refractivity contribution in [3.63, 3.8) is 0 Å². The Bertz CT molecular complexity index is 222. The molecule has 100 valence electrons. The fraction of sp³-hybridized carbons (Fsp3) is 1.00. The van der Waals surface area contributed by atoms with Crippen molar-refractivity contribution in [2.24, 2.45) is 5.92 Å². The van der Waals surface area contributed by atoms with Gasteiger partial charge in [-0.3, -0.25) is 4.90 Å². The molecule has 2 saturated heterocycles. The molecule has 0 radical (unpaired) electrons. The number of rotatable bonds is 5. The monoisotopic (exact) mass is 256 g/mol. The van der Waals surface area contributed by atoms with Crippen molar-refractivity contribution in [1.82, 2.24) is 9.80 Å². The maximum Gasteiger partial charge on any atom is 0.0223 e. The van der Waals surface area contributed by atoms with Gasteiger partial charge in [-0.05, 0) is 70.0 Å². The van der Waals surface area contributed by atoms with Crippen LogP contribution in [-0.4, -0.2) is 54.3 Å². The third-order valence-corrected chi connectivity index (χ3v) is 4.71. The second-order valence-corrected chi connectivity index (χ2v) is 6.34. The van der Waals surface area contributed by atoms with Gasteiger partial charge in [0, 0.05) is 12.6 Å². The molecule has 0 amide bonds. The third kappa shape index (κ3) is 4.15. The molecule has 2 nitrogen and oxygen atoms in total. The summed E-state index contributed by atoms with van der Waals surface area (Å²) in [6, 6.07) is 0.873. The van der Waals surface area contributed by atoms with E-state index in [2.05, 4.69) is 29.4 Å². The van der Waals surface area contributed by atoms with E-state index in [1.165, 1.54) is 64.8 Å². The van der Waals surface area contributed by atoms with Crippen molar-refractivity contribution < 1.29 is 0 Å². The van der Waals surface area contributed by atoms with Crippen LogP contribution in [0.2, 0.25) is 0 Å². The molecule has 0 aromatic carbocycles. The summed E-state index contributed by atoms with van der Waals surface area (Å²) >= 11 is 4.33. The fourth-order valence-corrected chi connectivity index (χ4v) is 3.69. The zero-order valence-corrected chi connectivity index (χ0v) is 12.2. The summed E-state index contributed by atoms with van der Waals surface area (Å²) in [6.45, 7) is 9.02. The van der Waals surface area contributed by atoms with Crippen LogP contribution in [0.3, 0.4) is 0 Å². The van der Waals surface area contributed by atoms with Crippen molar-refractivity contribution in [1.29, 1.82) is 0 Å². The lowest BCUT2D eigenvalue weighted by molar-refractivity contribution is 0.211. The molecular formula is C14H28N2S. The molecule has 0 aliphatic carbocycles. The number of hydrogen-bond donors (Lipinski definition) is 1. The first-order valence-corrected chi connectivity index (χ1v) is 8.00. The van der Waals surface area contributed by atoms with E-state index >= 15 is 0 Å². The summed E-state index contributed by atoms with van der Waals surface area (Å²) in [5, 5.41) is 0. The predicted molar refractivity (Wildman–Crippen MR) is 77.9 cm³/mol. The van der Waals surface area contributed by atoms with Gasteiger partial charge in [0.15, 0.2) is 0 Å². The highest BCUT2D eigenvalue weighted by Gasteiger charge is 2.28. The SMILES string of the molecule is CC(CCS)CCN1CCCN2CCCC2C1. The zero-order valence-electron chi connectivity index (χ0n) is 11.3. The topological polar surface area (TPSA) is 6.48 Å². The van der Waals surface area contributed by atoms with Crippen molar-refractivity contribution >= 4 is 12.6 Å². The van der Waals surface area contributed by atoms with E-state index < -0.39 is 0 Å².